The molecule has 1 aromatic heterocycles. The van der Waals surface area contributed by atoms with Gasteiger partial charge >= 0.3 is 16.8 Å². The number of rotatable bonds is 2. The van der Waals surface area contributed by atoms with Crippen molar-refractivity contribution in [3.8, 4) is 5.75 Å². The predicted octanol–water partition coefficient (Wildman–Crippen LogP) is 2.45. The van der Waals surface area contributed by atoms with Crippen LogP contribution in [-0.4, -0.2) is 32.2 Å². The molecule has 3 heterocycles. The van der Waals surface area contributed by atoms with Crippen LogP contribution in [0.5, 0.6) is 5.75 Å². The van der Waals surface area contributed by atoms with Crippen molar-refractivity contribution in [2.45, 2.75) is 22.6 Å². The van der Waals surface area contributed by atoms with Crippen LogP contribution in [0, 0.1) is 39.7 Å². The third-order valence-corrected chi connectivity index (χ3v) is 9.61. The summed E-state index contributed by atoms with van der Waals surface area (Å²) < 4.78 is 5.63. The molecule has 2 aliphatic carbocycles. The number of H-pyrrole nitrogens is 1. The Labute approximate surface area is 176 Å². The number of carbonyl (C=O) groups is 2. The first-order chi connectivity index (χ1) is 14.3. The van der Waals surface area contributed by atoms with Crippen molar-refractivity contribution in [2.75, 3.05) is 0 Å². The molecule has 2 fully saturated rings. The van der Waals surface area contributed by atoms with Crippen LogP contribution in [0.25, 0.3) is 0 Å². The largest absolute Gasteiger partial charge is 0.481 e. The first-order valence-electron chi connectivity index (χ1n) is 9.47. The van der Waals surface area contributed by atoms with Gasteiger partial charge in [0, 0.05) is 33.7 Å². The highest BCUT2D eigenvalue weighted by molar-refractivity contribution is 8.00. The maximum atomic E-state index is 13.0. The summed E-state index contributed by atoms with van der Waals surface area (Å²) in [7, 11) is 0. The molecule has 0 saturated heterocycles. The molecule has 2 bridgehead atoms. The van der Waals surface area contributed by atoms with Crippen LogP contribution >= 0.6 is 23.1 Å². The normalized spacial score (nSPS) is 35.1. The Kier molecular flexibility index (Phi) is 3.59. The second-order valence-corrected chi connectivity index (χ2v) is 10.4. The van der Waals surface area contributed by atoms with E-state index in [-0.39, 0.29) is 45.2 Å². The van der Waals surface area contributed by atoms with Crippen molar-refractivity contribution in [1.29, 1.82) is 0 Å². The number of thiazole rings is 1. The molecule has 2 aromatic rings. The molecule has 0 spiro atoms. The maximum absolute atomic E-state index is 13.0. The Bertz CT molecular complexity index is 1200. The number of nitrogens with one attached hydrogen (secondary N) is 1. The monoisotopic (exact) mass is 446 g/mol. The number of ether oxygens (including phenoxy) is 1. The fourth-order valence-electron chi connectivity index (χ4n) is 6.10. The first-order valence-corrected chi connectivity index (χ1v) is 11.2. The van der Waals surface area contributed by atoms with E-state index < -0.39 is 28.7 Å². The van der Waals surface area contributed by atoms with Gasteiger partial charge in [-0.2, -0.15) is 0 Å². The summed E-state index contributed by atoms with van der Waals surface area (Å²) >= 11 is 2.55. The van der Waals surface area contributed by atoms with Crippen LogP contribution in [0.2, 0.25) is 0 Å². The quantitative estimate of drug-likeness (QED) is 0.310. The lowest BCUT2D eigenvalue weighted by atomic mass is 9.66. The molecule has 2 saturated carbocycles. The number of hydrogen-bond donors (Lipinski definition) is 2. The van der Waals surface area contributed by atoms with Gasteiger partial charge in [-0.1, -0.05) is 11.3 Å². The number of carbonyl (C=O) groups excluding carboxylic acids is 1. The van der Waals surface area contributed by atoms with Crippen molar-refractivity contribution in [1.82, 2.24) is 4.98 Å². The summed E-state index contributed by atoms with van der Waals surface area (Å²) in [6, 6.07) is 4.10. The number of nitro benzene ring substituents is 1. The fourth-order valence-corrected chi connectivity index (χ4v) is 8.98. The molecule has 2 aliphatic heterocycles. The molecular weight excluding hydrogens is 432 g/mol. The molecule has 1 aromatic carbocycles. The summed E-state index contributed by atoms with van der Waals surface area (Å²) in [5.74, 6) is -3.84. The number of aromatic nitrogens is 1. The number of nitro groups is 1. The minimum Gasteiger partial charge on any atom is -0.481 e. The number of benzene rings is 1. The Morgan fingerprint density at radius 1 is 1.30 bits per heavy atom. The number of nitrogens with zero attached hydrogens (tertiary/aromatic N) is 1. The number of thioether (sulfide) groups is 1. The lowest BCUT2D eigenvalue weighted by Gasteiger charge is -2.45. The van der Waals surface area contributed by atoms with E-state index in [0.29, 0.717) is 17.0 Å². The molecule has 0 amide bonds. The number of fused-ring (bicyclic) bond motifs is 6. The summed E-state index contributed by atoms with van der Waals surface area (Å²) in [5, 5.41) is 21.9. The molecule has 11 heteroatoms. The maximum Gasteiger partial charge on any atom is 0.315 e. The van der Waals surface area contributed by atoms with Crippen LogP contribution in [0.3, 0.4) is 0 Å². The van der Waals surface area contributed by atoms with Gasteiger partial charge in [0.1, 0.15) is 5.75 Å². The highest BCUT2D eigenvalue weighted by Gasteiger charge is 2.67. The van der Waals surface area contributed by atoms with Crippen molar-refractivity contribution in [3.63, 3.8) is 0 Å². The third-order valence-electron chi connectivity index (χ3n) is 7.02. The Morgan fingerprint density at radius 2 is 2.10 bits per heavy atom. The van der Waals surface area contributed by atoms with Crippen molar-refractivity contribution in [2.24, 2.45) is 29.6 Å². The molecule has 4 aliphatic rings. The van der Waals surface area contributed by atoms with Gasteiger partial charge in [-0.25, -0.2) is 0 Å². The van der Waals surface area contributed by atoms with Gasteiger partial charge in [-0.15, -0.1) is 11.8 Å². The standard InChI is InChI=1S/C19H14N2O7S2/c22-17(23)12-8-4-7-11-10(15-16(29-14(8)11)20-19(25)30-15)6-3-5(21(26)27)1-2-9(6)28-18(24)13(7)12/h1-3,7-8,10-14H,4H2,(H,20,25)(H,22,23)/t7-,8+,10-,11+,12-,13+,14+/m0/s1. The topological polar surface area (TPSA) is 140 Å². The van der Waals surface area contributed by atoms with Gasteiger partial charge < -0.3 is 14.8 Å². The summed E-state index contributed by atoms with van der Waals surface area (Å²) in [5.41, 5.74) is 0.398. The average molecular weight is 446 g/mol. The van der Waals surface area contributed by atoms with Crippen LogP contribution in [-0.2, 0) is 9.59 Å². The highest BCUT2D eigenvalue weighted by atomic mass is 32.2. The third kappa shape index (κ3) is 2.21. The minimum atomic E-state index is -1.01. The molecule has 30 heavy (non-hydrogen) atoms. The van der Waals surface area contributed by atoms with Crippen LogP contribution in [0.4, 0.5) is 5.69 Å². The Morgan fingerprint density at radius 3 is 2.83 bits per heavy atom. The van der Waals surface area contributed by atoms with Gasteiger partial charge in [-0.05, 0) is 30.2 Å². The number of carboxylic acids is 1. The van der Waals surface area contributed by atoms with Crippen LogP contribution in [0.1, 0.15) is 22.8 Å². The zero-order chi connectivity index (χ0) is 20.9. The van der Waals surface area contributed by atoms with E-state index >= 15 is 0 Å². The van der Waals surface area contributed by atoms with Crippen molar-refractivity contribution < 1.29 is 24.4 Å². The van der Waals surface area contributed by atoms with Gasteiger partial charge in [0.2, 0.25) is 0 Å². The van der Waals surface area contributed by atoms with Crippen molar-refractivity contribution >= 4 is 40.7 Å². The van der Waals surface area contributed by atoms with E-state index in [2.05, 4.69) is 4.98 Å². The summed E-state index contributed by atoms with van der Waals surface area (Å²) in [6.45, 7) is 0. The second kappa shape index (κ2) is 5.94. The molecule has 0 radical (unpaired) electrons. The second-order valence-electron chi connectivity index (χ2n) is 8.20. The van der Waals surface area contributed by atoms with Gasteiger partial charge in [-0.3, -0.25) is 24.5 Å². The number of aromatic amines is 1. The van der Waals surface area contributed by atoms with Crippen molar-refractivity contribution in [3.05, 3.63) is 48.4 Å². The lowest BCUT2D eigenvalue weighted by Crippen LogP contribution is -2.49. The molecule has 154 valence electrons. The number of hydrogen-bond acceptors (Lipinski definition) is 8. The molecule has 2 N–H and O–H groups in total. The average Bonchev–Trinajstić information content (AvgIpc) is 3.35. The van der Waals surface area contributed by atoms with Gasteiger partial charge in [0.15, 0.2) is 0 Å². The molecular formula is C19H14N2O7S2. The number of aliphatic carboxylic acids is 1. The highest BCUT2D eigenvalue weighted by Crippen LogP contribution is 2.68. The predicted molar refractivity (Wildman–Crippen MR) is 105 cm³/mol. The summed E-state index contributed by atoms with van der Waals surface area (Å²) in [4.78, 5) is 51.5. The fraction of sp³-hybridized carbons (Fsp3) is 0.421. The lowest BCUT2D eigenvalue weighted by molar-refractivity contribution is -0.385. The zero-order valence-corrected chi connectivity index (χ0v) is 16.8. The number of carboxylic acid groups (broad SMARTS) is 1. The Balaban J connectivity index is 1.63. The van der Waals surface area contributed by atoms with E-state index in [9.17, 15) is 29.6 Å². The Hall–Kier alpha value is -2.66. The molecule has 9 nitrogen and oxygen atoms in total. The minimum absolute atomic E-state index is 0.0897. The van der Waals surface area contributed by atoms with E-state index in [1.807, 2.05) is 0 Å². The van der Waals surface area contributed by atoms with E-state index in [0.717, 1.165) is 16.2 Å². The van der Waals surface area contributed by atoms with Gasteiger partial charge in [0.25, 0.3) is 5.69 Å². The number of non-ortho nitro benzene ring substituents is 1. The summed E-state index contributed by atoms with van der Waals surface area (Å²) in [6.07, 6.45) is 0.596. The van der Waals surface area contributed by atoms with E-state index in [1.54, 1.807) is 0 Å². The van der Waals surface area contributed by atoms with Crippen LogP contribution in [0.15, 0.2) is 28.0 Å². The smallest absolute Gasteiger partial charge is 0.315 e. The number of esters is 1. The zero-order valence-electron chi connectivity index (χ0n) is 15.1. The first kappa shape index (κ1) is 18.1. The van der Waals surface area contributed by atoms with Crippen LogP contribution < -0.4 is 9.61 Å². The molecule has 0 unspecified atom stereocenters. The molecule has 6 rings (SSSR count). The van der Waals surface area contributed by atoms with E-state index in [4.69, 9.17) is 4.74 Å². The van der Waals surface area contributed by atoms with E-state index in [1.165, 1.54) is 30.0 Å². The SMILES string of the molecule is O=C1Oc2ccc([N+](=O)[O-])cc2[C@@H]2c3sc(=O)[nH]c3S[C@@H]3[C@@H]4C[C@H]([C@@H]1[C@H]4C(=O)O)[C@H]23. The van der Waals surface area contributed by atoms with Gasteiger partial charge in [0.05, 0.1) is 21.8 Å². The molecule has 7 atom stereocenters.